The zero-order valence-corrected chi connectivity index (χ0v) is 33.6. The smallest absolute Gasteiger partial charge is 0.124 e. The molecule has 0 unspecified atom stereocenters. The number of benzene rings is 4. The molecule has 2 fully saturated rings. The van der Waals surface area contributed by atoms with E-state index in [1.807, 2.05) is 12.3 Å². The summed E-state index contributed by atoms with van der Waals surface area (Å²) in [7, 11) is 0. The van der Waals surface area contributed by atoms with Crippen molar-refractivity contribution in [2.45, 2.75) is 109 Å². The summed E-state index contributed by atoms with van der Waals surface area (Å²) in [5.74, 6) is 0.973. The van der Waals surface area contributed by atoms with Crippen LogP contribution in [-0.2, 0) is 10.8 Å². The number of pyridine rings is 2. The molecule has 4 nitrogen and oxygen atoms in total. The van der Waals surface area contributed by atoms with Crippen molar-refractivity contribution in [1.82, 2.24) is 9.38 Å². The summed E-state index contributed by atoms with van der Waals surface area (Å²) in [6.45, 7) is 11.0. The van der Waals surface area contributed by atoms with Crippen LogP contribution in [0.5, 0.6) is 5.75 Å². The maximum atomic E-state index is 11.4. The van der Waals surface area contributed by atoms with Crippen LogP contribution >= 0.6 is 0 Å². The Morgan fingerprint density at radius 2 is 1.46 bits per heavy atom. The number of phenolic OH excluding ortho intramolecular Hbond substituents is 1. The van der Waals surface area contributed by atoms with E-state index in [-0.39, 0.29) is 11.2 Å². The lowest BCUT2D eigenvalue weighted by Gasteiger charge is -2.43. The van der Waals surface area contributed by atoms with Gasteiger partial charge in [-0.1, -0.05) is 102 Å². The predicted octanol–water partition coefficient (Wildman–Crippen LogP) is 14.0. The summed E-state index contributed by atoms with van der Waals surface area (Å²) in [6.07, 6.45) is 16.8. The molecule has 2 saturated carbocycles. The van der Waals surface area contributed by atoms with Crippen LogP contribution in [0, 0.1) is 5.41 Å². The highest BCUT2D eigenvalue weighted by molar-refractivity contribution is 6.23. The van der Waals surface area contributed by atoms with Crippen molar-refractivity contribution in [2.24, 2.45) is 10.4 Å². The second-order valence-electron chi connectivity index (χ2n) is 18.8. The standard InChI is InChI=1S/C52H53N3O/c1-50(2,3)38-16-17-40(46(56)32-38)49-51(4,5)42-19-18-39-44-10-9-29-55(44)45-20-15-37(30-41(45)47(39)48(42)54-49)43-31-36(23-28-53-43)34-13-11-33(12-14-34)35-21-26-52(27-22-35)24-7-6-8-25-52/h9-20,23,28-32,35,56H,6-8,21-22,24-27H2,1-5H3. The first-order valence-electron chi connectivity index (χ1n) is 21.0. The second-order valence-corrected chi connectivity index (χ2v) is 18.8. The lowest BCUT2D eigenvalue weighted by molar-refractivity contribution is 0.114. The lowest BCUT2D eigenvalue weighted by Crippen LogP contribution is -2.29. The van der Waals surface area contributed by atoms with Gasteiger partial charge in [0.2, 0.25) is 0 Å². The van der Waals surface area contributed by atoms with E-state index < -0.39 is 5.41 Å². The van der Waals surface area contributed by atoms with Gasteiger partial charge >= 0.3 is 0 Å². The van der Waals surface area contributed by atoms with Gasteiger partial charge in [-0.15, -0.1) is 0 Å². The number of hydrogen-bond donors (Lipinski definition) is 1. The van der Waals surface area contributed by atoms with Crippen LogP contribution in [-0.4, -0.2) is 20.2 Å². The number of rotatable bonds is 4. The molecular weight excluding hydrogens is 683 g/mol. The molecule has 4 aromatic carbocycles. The van der Waals surface area contributed by atoms with Gasteiger partial charge in [-0.3, -0.25) is 9.98 Å². The SMILES string of the molecule is CC(C)(C)c1ccc(C2=Nc3c(ccc4c3c3cc(-c5cc(-c6ccc(C7CCC8(CCCCC8)CC7)cc6)ccn5)ccc3n3cccc43)C2(C)C)c(O)c1. The summed E-state index contributed by atoms with van der Waals surface area (Å²) in [4.78, 5) is 10.4. The van der Waals surface area contributed by atoms with Gasteiger partial charge in [0.1, 0.15) is 5.75 Å². The van der Waals surface area contributed by atoms with E-state index in [0.29, 0.717) is 11.3 Å². The molecule has 3 aliphatic rings. The highest BCUT2D eigenvalue weighted by atomic mass is 16.3. The normalized spacial score (nSPS) is 18.2. The minimum Gasteiger partial charge on any atom is -0.507 e. The molecule has 7 aromatic rings. The van der Waals surface area contributed by atoms with Crippen molar-refractivity contribution < 1.29 is 5.11 Å². The average Bonchev–Trinajstić information content (AvgIpc) is 3.81. The van der Waals surface area contributed by atoms with Gasteiger partial charge in [0.15, 0.2) is 0 Å². The van der Waals surface area contributed by atoms with Crippen LogP contribution < -0.4 is 0 Å². The van der Waals surface area contributed by atoms with Gasteiger partial charge in [0.05, 0.1) is 28.1 Å². The van der Waals surface area contributed by atoms with E-state index in [9.17, 15) is 5.11 Å². The fourth-order valence-corrected chi connectivity index (χ4v) is 10.7. The average molecular weight is 736 g/mol. The van der Waals surface area contributed by atoms with Gasteiger partial charge < -0.3 is 9.51 Å². The van der Waals surface area contributed by atoms with Crippen LogP contribution in [0.2, 0.25) is 0 Å². The number of phenols is 1. The van der Waals surface area contributed by atoms with Crippen molar-refractivity contribution in [3.05, 3.63) is 132 Å². The molecule has 10 rings (SSSR count). The molecule has 2 aliphatic carbocycles. The molecule has 56 heavy (non-hydrogen) atoms. The fourth-order valence-electron chi connectivity index (χ4n) is 10.7. The van der Waals surface area contributed by atoms with Crippen LogP contribution in [0.25, 0.3) is 49.6 Å². The quantitative estimate of drug-likeness (QED) is 0.183. The Labute approximate surface area is 331 Å². The maximum absolute atomic E-state index is 11.4. The Kier molecular flexibility index (Phi) is 8.12. The Bertz CT molecular complexity index is 2690. The third-order valence-corrected chi connectivity index (χ3v) is 14.1. The molecule has 0 amide bonds. The third kappa shape index (κ3) is 5.70. The molecule has 1 N–H and O–H groups in total. The monoisotopic (exact) mass is 735 g/mol. The molecule has 1 spiro atoms. The topological polar surface area (TPSA) is 49.9 Å². The predicted molar refractivity (Wildman–Crippen MR) is 234 cm³/mol. The van der Waals surface area contributed by atoms with E-state index in [2.05, 4.69) is 136 Å². The molecule has 0 bridgehead atoms. The van der Waals surface area contributed by atoms with Crippen molar-refractivity contribution in [2.75, 3.05) is 0 Å². The van der Waals surface area contributed by atoms with Crippen LogP contribution in [0.1, 0.15) is 121 Å². The van der Waals surface area contributed by atoms with Gasteiger partial charge in [-0.2, -0.15) is 0 Å². The third-order valence-electron chi connectivity index (χ3n) is 14.1. The summed E-state index contributed by atoms with van der Waals surface area (Å²) in [5, 5.41) is 14.9. The number of hydrogen-bond acceptors (Lipinski definition) is 3. The summed E-state index contributed by atoms with van der Waals surface area (Å²) in [5.41, 5.74) is 13.4. The minimum atomic E-state index is -0.401. The molecule has 282 valence electrons. The van der Waals surface area contributed by atoms with Gasteiger partial charge in [0.25, 0.3) is 0 Å². The zero-order valence-electron chi connectivity index (χ0n) is 33.6. The van der Waals surface area contributed by atoms with Crippen LogP contribution in [0.3, 0.4) is 0 Å². The number of aliphatic imine (C=N–C) groups is 1. The largest absolute Gasteiger partial charge is 0.507 e. The minimum absolute atomic E-state index is 0.0622. The van der Waals surface area contributed by atoms with Gasteiger partial charge in [-0.05, 0) is 132 Å². The first-order chi connectivity index (χ1) is 27.0. The fraction of sp³-hybridized carbons (Fsp3) is 0.346. The van der Waals surface area contributed by atoms with Crippen molar-refractivity contribution in [1.29, 1.82) is 0 Å². The van der Waals surface area contributed by atoms with E-state index in [4.69, 9.17) is 9.98 Å². The molecule has 3 aromatic heterocycles. The molecule has 0 saturated heterocycles. The van der Waals surface area contributed by atoms with E-state index in [1.165, 1.54) is 85.4 Å². The lowest BCUT2D eigenvalue weighted by atomic mass is 9.62. The Hall–Kier alpha value is -5.22. The Balaban J connectivity index is 1.03. The van der Waals surface area contributed by atoms with Gasteiger partial charge in [-0.25, -0.2) is 0 Å². The summed E-state index contributed by atoms with van der Waals surface area (Å²) >= 11 is 0. The molecule has 0 radical (unpaired) electrons. The van der Waals surface area contributed by atoms with Crippen LogP contribution in [0.4, 0.5) is 5.69 Å². The summed E-state index contributed by atoms with van der Waals surface area (Å²) < 4.78 is 2.29. The summed E-state index contributed by atoms with van der Waals surface area (Å²) in [6, 6.07) is 35.5. The maximum Gasteiger partial charge on any atom is 0.124 e. The molecule has 1 aliphatic heterocycles. The first kappa shape index (κ1) is 35.2. The Morgan fingerprint density at radius 1 is 0.714 bits per heavy atom. The van der Waals surface area contributed by atoms with Crippen molar-refractivity contribution in [3.8, 4) is 28.1 Å². The first-order valence-corrected chi connectivity index (χ1v) is 21.0. The van der Waals surface area contributed by atoms with Crippen molar-refractivity contribution >= 4 is 38.6 Å². The van der Waals surface area contributed by atoms with Gasteiger partial charge in [0, 0.05) is 45.1 Å². The second kappa shape index (κ2) is 12.9. The molecule has 0 atom stereocenters. The van der Waals surface area contributed by atoms with E-state index in [0.717, 1.165) is 55.6 Å². The van der Waals surface area contributed by atoms with E-state index >= 15 is 0 Å². The highest BCUT2D eigenvalue weighted by Gasteiger charge is 2.39. The zero-order chi connectivity index (χ0) is 38.4. The van der Waals surface area contributed by atoms with Crippen molar-refractivity contribution in [3.63, 3.8) is 0 Å². The number of aromatic nitrogens is 2. The number of fused-ring (bicyclic) bond motifs is 8. The molecule has 4 heteroatoms. The molecule has 4 heterocycles. The molecular formula is C52H53N3O. The Morgan fingerprint density at radius 3 is 2.21 bits per heavy atom. The number of aromatic hydroxyl groups is 1. The number of nitrogens with zero attached hydrogens (tertiary/aromatic N) is 3. The van der Waals surface area contributed by atoms with E-state index in [1.54, 1.807) is 0 Å². The van der Waals surface area contributed by atoms with Crippen LogP contribution in [0.15, 0.2) is 114 Å². The highest BCUT2D eigenvalue weighted by Crippen LogP contribution is 2.52.